The molecule has 0 saturated carbocycles. The highest BCUT2D eigenvalue weighted by molar-refractivity contribution is 7.89. The molecular formula is C19H21NO6S. The van der Waals surface area contributed by atoms with Crippen LogP contribution < -0.4 is 4.72 Å². The van der Waals surface area contributed by atoms with Crippen molar-refractivity contribution < 1.29 is 27.5 Å². The Hall–Kier alpha value is -2.71. The zero-order valence-corrected chi connectivity index (χ0v) is 16.0. The van der Waals surface area contributed by atoms with Gasteiger partial charge in [-0.2, -0.15) is 0 Å². The van der Waals surface area contributed by atoms with E-state index in [1.165, 1.54) is 12.1 Å². The summed E-state index contributed by atoms with van der Waals surface area (Å²) in [6, 6.07) is 13.3. The SMILES string of the molecule is COC(=O)C(C(=O)OC)C(NS(=O)(=O)c1ccc(C)cc1)c1ccccc1. The molecule has 0 saturated heterocycles. The number of hydrogen-bond acceptors (Lipinski definition) is 6. The number of methoxy groups -OCH3 is 2. The molecule has 8 heteroatoms. The maximum atomic E-state index is 12.8. The number of sulfonamides is 1. The van der Waals surface area contributed by atoms with Gasteiger partial charge in [-0.3, -0.25) is 9.59 Å². The summed E-state index contributed by atoms with van der Waals surface area (Å²) in [6.45, 7) is 1.83. The minimum atomic E-state index is -4.02. The van der Waals surface area contributed by atoms with E-state index in [1.807, 2.05) is 6.92 Å². The predicted molar refractivity (Wildman–Crippen MR) is 98.2 cm³/mol. The summed E-state index contributed by atoms with van der Waals surface area (Å²) in [5.41, 5.74) is 1.32. The van der Waals surface area contributed by atoms with Gasteiger partial charge in [0.25, 0.3) is 0 Å². The number of rotatable bonds is 7. The lowest BCUT2D eigenvalue weighted by Crippen LogP contribution is -2.41. The number of aryl methyl sites for hydroxylation is 1. The van der Waals surface area contributed by atoms with Gasteiger partial charge in [0.15, 0.2) is 5.92 Å². The van der Waals surface area contributed by atoms with Crippen LogP contribution in [0.3, 0.4) is 0 Å². The van der Waals surface area contributed by atoms with E-state index in [0.717, 1.165) is 19.8 Å². The average Bonchev–Trinajstić information content (AvgIpc) is 2.67. The molecule has 0 aliphatic rings. The number of carbonyl (C=O) groups excluding carboxylic acids is 2. The van der Waals surface area contributed by atoms with Gasteiger partial charge in [-0.25, -0.2) is 13.1 Å². The Kier molecular flexibility index (Phi) is 6.70. The first-order valence-corrected chi connectivity index (χ1v) is 9.58. The van der Waals surface area contributed by atoms with E-state index in [-0.39, 0.29) is 4.90 Å². The van der Waals surface area contributed by atoms with E-state index in [2.05, 4.69) is 4.72 Å². The fourth-order valence-electron chi connectivity index (χ4n) is 2.56. The molecule has 2 rings (SSSR count). The number of nitrogens with one attached hydrogen (secondary N) is 1. The van der Waals surface area contributed by atoms with Crippen molar-refractivity contribution in [1.82, 2.24) is 4.72 Å². The monoisotopic (exact) mass is 391 g/mol. The number of hydrogen-bond donors (Lipinski definition) is 1. The van der Waals surface area contributed by atoms with E-state index in [0.29, 0.717) is 5.56 Å². The van der Waals surface area contributed by atoms with E-state index >= 15 is 0 Å². The molecule has 0 aliphatic carbocycles. The van der Waals surface area contributed by atoms with Crippen LogP contribution in [0.2, 0.25) is 0 Å². The largest absolute Gasteiger partial charge is 0.468 e. The summed E-state index contributed by atoms with van der Waals surface area (Å²) in [7, 11) is -1.78. The van der Waals surface area contributed by atoms with Gasteiger partial charge in [0, 0.05) is 0 Å². The molecule has 1 N–H and O–H groups in total. The quantitative estimate of drug-likeness (QED) is 0.572. The fourth-order valence-corrected chi connectivity index (χ4v) is 3.80. The Morgan fingerprint density at radius 3 is 1.89 bits per heavy atom. The molecule has 0 amide bonds. The maximum Gasteiger partial charge on any atom is 0.322 e. The summed E-state index contributed by atoms with van der Waals surface area (Å²) in [5, 5.41) is 0. The van der Waals surface area contributed by atoms with Crippen LogP contribution in [0.1, 0.15) is 17.2 Å². The van der Waals surface area contributed by atoms with Gasteiger partial charge in [0.1, 0.15) is 0 Å². The topological polar surface area (TPSA) is 98.8 Å². The second kappa shape index (κ2) is 8.79. The van der Waals surface area contributed by atoms with E-state index < -0.39 is 33.9 Å². The van der Waals surface area contributed by atoms with Crippen LogP contribution in [0.25, 0.3) is 0 Å². The van der Waals surface area contributed by atoms with Crippen molar-refractivity contribution in [3.63, 3.8) is 0 Å². The van der Waals surface area contributed by atoms with Crippen LogP contribution in [0.4, 0.5) is 0 Å². The third-order valence-corrected chi connectivity index (χ3v) is 5.47. The zero-order chi connectivity index (χ0) is 20.0. The highest BCUT2D eigenvalue weighted by Crippen LogP contribution is 2.27. The molecule has 2 aromatic carbocycles. The lowest BCUT2D eigenvalue weighted by Gasteiger charge is -2.24. The van der Waals surface area contributed by atoms with Gasteiger partial charge in [-0.15, -0.1) is 0 Å². The van der Waals surface area contributed by atoms with Gasteiger partial charge in [-0.1, -0.05) is 48.0 Å². The predicted octanol–water partition coefficient (Wildman–Crippen LogP) is 1.98. The van der Waals surface area contributed by atoms with Gasteiger partial charge in [0.2, 0.25) is 10.0 Å². The molecule has 0 fully saturated rings. The molecule has 2 aromatic rings. The first kappa shape index (κ1) is 20.6. The van der Waals surface area contributed by atoms with Crippen molar-refractivity contribution in [2.45, 2.75) is 17.9 Å². The van der Waals surface area contributed by atoms with Crippen molar-refractivity contribution in [2.75, 3.05) is 14.2 Å². The Labute approximate surface area is 158 Å². The Morgan fingerprint density at radius 1 is 0.889 bits per heavy atom. The minimum absolute atomic E-state index is 0.0162. The van der Waals surface area contributed by atoms with Gasteiger partial charge in [-0.05, 0) is 24.6 Å². The summed E-state index contributed by atoms with van der Waals surface area (Å²) < 4.78 is 37.5. The van der Waals surface area contributed by atoms with Crippen molar-refractivity contribution in [1.29, 1.82) is 0 Å². The van der Waals surface area contributed by atoms with Crippen LogP contribution in [0.5, 0.6) is 0 Å². The number of carbonyl (C=O) groups is 2. The maximum absolute atomic E-state index is 12.8. The van der Waals surface area contributed by atoms with Crippen molar-refractivity contribution in [2.24, 2.45) is 5.92 Å². The molecular weight excluding hydrogens is 370 g/mol. The number of esters is 2. The molecule has 1 unspecified atom stereocenters. The van der Waals surface area contributed by atoms with Crippen LogP contribution in [0.15, 0.2) is 59.5 Å². The Balaban J connectivity index is 2.51. The Morgan fingerprint density at radius 2 is 1.41 bits per heavy atom. The summed E-state index contributed by atoms with van der Waals surface area (Å²) in [4.78, 5) is 24.5. The second-order valence-electron chi connectivity index (χ2n) is 5.85. The summed E-state index contributed by atoms with van der Waals surface area (Å²) >= 11 is 0. The molecule has 0 spiro atoms. The van der Waals surface area contributed by atoms with Gasteiger partial charge in [0.05, 0.1) is 25.2 Å². The van der Waals surface area contributed by atoms with Crippen molar-refractivity contribution in [3.05, 3.63) is 65.7 Å². The van der Waals surface area contributed by atoms with Crippen molar-refractivity contribution in [3.8, 4) is 0 Å². The third-order valence-electron chi connectivity index (χ3n) is 4.02. The van der Waals surface area contributed by atoms with Crippen LogP contribution in [-0.4, -0.2) is 34.6 Å². The summed E-state index contributed by atoms with van der Waals surface area (Å²) in [5.74, 6) is -3.30. The highest BCUT2D eigenvalue weighted by atomic mass is 32.2. The molecule has 0 bridgehead atoms. The van der Waals surface area contributed by atoms with Crippen LogP contribution in [0, 0.1) is 12.8 Å². The Bertz CT molecular complexity index is 878. The lowest BCUT2D eigenvalue weighted by molar-refractivity contribution is -0.160. The zero-order valence-electron chi connectivity index (χ0n) is 15.2. The molecule has 0 radical (unpaired) electrons. The van der Waals surface area contributed by atoms with E-state index in [1.54, 1.807) is 42.5 Å². The van der Waals surface area contributed by atoms with Gasteiger partial charge < -0.3 is 9.47 Å². The van der Waals surface area contributed by atoms with Crippen LogP contribution in [-0.2, 0) is 29.1 Å². The second-order valence-corrected chi connectivity index (χ2v) is 7.56. The van der Waals surface area contributed by atoms with E-state index in [4.69, 9.17) is 9.47 Å². The van der Waals surface area contributed by atoms with Crippen LogP contribution >= 0.6 is 0 Å². The minimum Gasteiger partial charge on any atom is -0.468 e. The lowest BCUT2D eigenvalue weighted by atomic mass is 9.94. The van der Waals surface area contributed by atoms with Gasteiger partial charge >= 0.3 is 11.9 Å². The smallest absolute Gasteiger partial charge is 0.322 e. The summed E-state index contributed by atoms with van der Waals surface area (Å²) in [6.07, 6.45) is 0. The van der Waals surface area contributed by atoms with E-state index in [9.17, 15) is 18.0 Å². The third kappa shape index (κ3) is 4.93. The van der Waals surface area contributed by atoms with Crippen molar-refractivity contribution >= 4 is 22.0 Å². The molecule has 0 heterocycles. The molecule has 0 aromatic heterocycles. The highest BCUT2D eigenvalue weighted by Gasteiger charge is 2.40. The fraction of sp³-hybridized carbons (Fsp3) is 0.263. The molecule has 0 aliphatic heterocycles. The molecule has 1 atom stereocenters. The first-order chi connectivity index (χ1) is 12.8. The number of ether oxygens (including phenoxy) is 2. The number of benzene rings is 2. The molecule has 27 heavy (non-hydrogen) atoms. The molecule has 144 valence electrons. The molecule has 7 nitrogen and oxygen atoms in total. The standard InChI is InChI=1S/C19H21NO6S/c1-13-9-11-15(12-10-13)27(23,24)20-17(14-7-5-4-6-8-14)16(18(21)25-2)19(22)26-3/h4-12,16-17,20H,1-3H3. The first-order valence-electron chi connectivity index (χ1n) is 8.09. The average molecular weight is 391 g/mol. The normalized spacial score (nSPS) is 12.4.